The fourth-order valence-electron chi connectivity index (χ4n) is 0.0617. The number of hydrogen-bond acceptors (Lipinski definition) is 2. The summed E-state index contributed by atoms with van der Waals surface area (Å²) in [5.74, 6) is 0. The highest BCUT2D eigenvalue weighted by molar-refractivity contribution is 9.08. The lowest BCUT2D eigenvalue weighted by Crippen LogP contribution is -2.18. The van der Waals surface area contributed by atoms with Gasteiger partial charge in [0.25, 0.3) is 0 Å². The Bertz CT molecular complexity index is 52.2. The third-order valence-electron chi connectivity index (χ3n) is 0.597. The Kier molecular flexibility index (Phi) is 4.02. The van der Waals surface area contributed by atoms with Crippen molar-refractivity contribution in [2.75, 3.05) is 6.61 Å². The summed E-state index contributed by atoms with van der Waals surface area (Å²) in [6, 6.07) is -0.0262. The van der Waals surface area contributed by atoms with Crippen LogP contribution in [0.25, 0.3) is 0 Å². The Morgan fingerprint density at radius 1 is 2.00 bits per heavy atom. The van der Waals surface area contributed by atoms with Crippen molar-refractivity contribution in [1.29, 1.82) is 0 Å². The van der Waals surface area contributed by atoms with E-state index in [4.69, 9.17) is 16.9 Å². The molecule has 4 heteroatoms. The zero-order valence-electron chi connectivity index (χ0n) is 3.93. The maximum Gasteiger partial charge on any atom is 0.0606 e. The van der Waals surface area contributed by atoms with E-state index in [1.54, 1.807) is 6.92 Å². The summed E-state index contributed by atoms with van der Waals surface area (Å²) in [5, 5.41) is 8.35. The molecule has 0 aromatic heterocycles. The minimum absolute atomic E-state index is 0.0262. The van der Waals surface area contributed by atoms with Gasteiger partial charge in [0.15, 0.2) is 0 Å². The second-order valence-corrected chi connectivity index (χ2v) is 2.83. The molecule has 7 heavy (non-hydrogen) atoms. The molecule has 1 unspecified atom stereocenters. The Labute approximate surface area is 56.5 Å². The van der Waals surface area contributed by atoms with E-state index in [1.165, 1.54) is 3.45 Å². The Balaban J connectivity index is 3.14. The number of rotatable bonds is 2. The van der Waals surface area contributed by atoms with Crippen molar-refractivity contribution in [2.24, 2.45) is 0 Å². The highest BCUT2D eigenvalue weighted by Crippen LogP contribution is 2.07. The normalized spacial score (nSPS) is 15.0. The summed E-state index contributed by atoms with van der Waals surface area (Å²) in [4.78, 5) is 0. The number of halogens is 2. The lowest BCUT2D eigenvalue weighted by molar-refractivity contribution is 0.245. The van der Waals surface area contributed by atoms with Crippen molar-refractivity contribution in [3.63, 3.8) is 0 Å². The molecule has 0 bridgehead atoms. The number of aliphatic hydroxyl groups is 1. The van der Waals surface area contributed by atoms with Gasteiger partial charge in [-0.1, -0.05) is 0 Å². The number of hydrogen-bond donors (Lipinski definition) is 1. The first-order valence-electron chi connectivity index (χ1n) is 1.90. The fourth-order valence-corrected chi connectivity index (χ4v) is 0.253. The topological polar surface area (TPSA) is 23.5 Å². The van der Waals surface area contributed by atoms with Crippen LogP contribution in [-0.4, -0.2) is 21.2 Å². The Hall–Kier alpha value is 0.690. The largest absolute Gasteiger partial charge is 0.395 e. The van der Waals surface area contributed by atoms with Crippen LogP contribution in [0.5, 0.6) is 0 Å². The van der Waals surface area contributed by atoms with Gasteiger partial charge in [-0.2, -0.15) is 0 Å². The molecular formula is C3H7BrClNO. The standard InChI is InChI=1S/C3H7BrClNO/c1-3(2-7)6(4)5/h3,7H,2H2,1H3. The molecule has 0 aromatic carbocycles. The van der Waals surface area contributed by atoms with Crippen molar-refractivity contribution in [2.45, 2.75) is 13.0 Å². The molecule has 0 saturated heterocycles. The molecule has 0 aliphatic heterocycles. The third kappa shape index (κ3) is 3.29. The average Bonchev–Trinajstić information content (AvgIpc) is 1.65. The molecule has 0 saturated carbocycles. The van der Waals surface area contributed by atoms with E-state index in [2.05, 4.69) is 16.1 Å². The zero-order chi connectivity index (χ0) is 5.86. The molecule has 0 heterocycles. The molecule has 1 N–H and O–H groups in total. The van der Waals surface area contributed by atoms with Gasteiger partial charge in [-0.3, -0.25) is 0 Å². The minimum atomic E-state index is -0.0262. The second-order valence-electron chi connectivity index (χ2n) is 1.29. The monoisotopic (exact) mass is 187 g/mol. The molecule has 44 valence electrons. The van der Waals surface area contributed by atoms with Crippen molar-refractivity contribution < 1.29 is 5.11 Å². The predicted molar refractivity (Wildman–Crippen MR) is 33.2 cm³/mol. The summed E-state index contributed by atoms with van der Waals surface area (Å²) in [5.41, 5.74) is 0. The lowest BCUT2D eigenvalue weighted by atomic mass is 10.4. The first-order chi connectivity index (χ1) is 3.18. The van der Waals surface area contributed by atoms with Crippen LogP contribution in [-0.2, 0) is 0 Å². The average molecular weight is 188 g/mol. The lowest BCUT2D eigenvalue weighted by Gasteiger charge is -2.09. The highest BCUT2D eigenvalue weighted by atomic mass is 79.9. The molecule has 0 fully saturated rings. The van der Waals surface area contributed by atoms with Crippen LogP contribution < -0.4 is 0 Å². The van der Waals surface area contributed by atoms with Gasteiger partial charge in [0.05, 0.1) is 12.6 Å². The Morgan fingerprint density at radius 3 is 2.43 bits per heavy atom. The third-order valence-corrected chi connectivity index (χ3v) is 1.63. The minimum Gasteiger partial charge on any atom is -0.395 e. The summed E-state index contributed by atoms with van der Waals surface area (Å²) in [6.07, 6.45) is 0. The van der Waals surface area contributed by atoms with E-state index in [0.717, 1.165) is 0 Å². The first kappa shape index (κ1) is 7.69. The van der Waals surface area contributed by atoms with Gasteiger partial charge in [-0.15, -0.1) is 3.45 Å². The summed E-state index contributed by atoms with van der Waals surface area (Å²) in [7, 11) is 0. The van der Waals surface area contributed by atoms with Gasteiger partial charge in [-0.05, 0) is 18.7 Å². The molecule has 0 spiro atoms. The van der Waals surface area contributed by atoms with Crippen molar-refractivity contribution >= 4 is 27.9 Å². The zero-order valence-corrected chi connectivity index (χ0v) is 6.28. The number of nitrogens with zero attached hydrogens (tertiary/aromatic N) is 1. The van der Waals surface area contributed by atoms with E-state index in [9.17, 15) is 0 Å². The van der Waals surface area contributed by atoms with Crippen LogP contribution in [0.3, 0.4) is 0 Å². The fraction of sp³-hybridized carbons (Fsp3) is 1.00. The maximum atomic E-state index is 8.35. The maximum absolute atomic E-state index is 8.35. The van der Waals surface area contributed by atoms with E-state index in [0.29, 0.717) is 0 Å². The van der Waals surface area contributed by atoms with E-state index in [-0.39, 0.29) is 12.6 Å². The first-order valence-corrected chi connectivity index (χ1v) is 2.95. The van der Waals surface area contributed by atoms with E-state index < -0.39 is 0 Å². The van der Waals surface area contributed by atoms with Crippen LogP contribution >= 0.6 is 27.9 Å². The van der Waals surface area contributed by atoms with Crippen molar-refractivity contribution in [3.05, 3.63) is 0 Å². The van der Waals surface area contributed by atoms with E-state index >= 15 is 0 Å². The SMILES string of the molecule is CC(CO)N(Cl)Br. The molecule has 0 radical (unpaired) electrons. The van der Waals surface area contributed by atoms with Crippen molar-refractivity contribution in [3.8, 4) is 0 Å². The highest BCUT2D eigenvalue weighted by Gasteiger charge is 2.03. The van der Waals surface area contributed by atoms with Gasteiger partial charge in [0, 0.05) is 16.1 Å². The molecule has 0 aliphatic carbocycles. The summed E-state index contributed by atoms with van der Waals surface area (Å²) >= 11 is 8.26. The molecule has 2 nitrogen and oxygen atoms in total. The summed E-state index contributed by atoms with van der Waals surface area (Å²) in [6.45, 7) is 1.86. The van der Waals surface area contributed by atoms with Crippen LogP contribution in [0, 0.1) is 0 Å². The van der Waals surface area contributed by atoms with Crippen LogP contribution in [0.1, 0.15) is 6.92 Å². The molecule has 0 aromatic rings. The van der Waals surface area contributed by atoms with E-state index in [1.807, 2.05) is 0 Å². The van der Waals surface area contributed by atoms with Gasteiger partial charge in [-0.25, -0.2) is 0 Å². The van der Waals surface area contributed by atoms with Gasteiger partial charge < -0.3 is 5.11 Å². The van der Waals surface area contributed by atoms with Crippen LogP contribution in [0.2, 0.25) is 0 Å². The molecule has 1 atom stereocenters. The summed E-state index contributed by atoms with van der Waals surface area (Å²) < 4.78 is 1.26. The van der Waals surface area contributed by atoms with Crippen LogP contribution in [0.4, 0.5) is 0 Å². The van der Waals surface area contributed by atoms with Crippen molar-refractivity contribution in [1.82, 2.24) is 3.45 Å². The number of aliphatic hydroxyl groups excluding tert-OH is 1. The van der Waals surface area contributed by atoms with Gasteiger partial charge >= 0.3 is 0 Å². The molecule has 0 amide bonds. The Morgan fingerprint density at radius 2 is 2.43 bits per heavy atom. The molecule has 0 aliphatic rings. The predicted octanol–water partition coefficient (Wildman–Crippen LogP) is 1.13. The van der Waals surface area contributed by atoms with Crippen LogP contribution in [0.15, 0.2) is 0 Å². The van der Waals surface area contributed by atoms with Gasteiger partial charge in [0.1, 0.15) is 0 Å². The molecule has 0 rings (SSSR count). The molecular weight excluding hydrogens is 181 g/mol. The quantitative estimate of drug-likeness (QED) is 0.657. The smallest absolute Gasteiger partial charge is 0.0606 e. The second kappa shape index (κ2) is 3.66. The van der Waals surface area contributed by atoms with Gasteiger partial charge in [0.2, 0.25) is 0 Å².